The fourth-order valence-electron chi connectivity index (χ4n) is 4.91. The smallest absolute Gasteiger partial charge is 0.197 e. The summed E-state index contributed by atoms with van der Waals surface area (Å²) in [5, 5.41) is 11.5. The van der Waals surface area contributed by atoms with Crippen LogP contribution in [0.2, 0.25) is 0 Å². The lowest BCUT2D eigenvalue weighted by atomic mass is 9.90. The maximum absolute atomic E-state index is 11.5. The molecule has 3 aromatic rings. The van der Waals surface area contributed by atoms with Gasteiger partial charge in [-0.25, -0.2) is 0 Å². The SMILES string of the molecule is O[C@@H]1[C@@H](OCc2ccccc2)[C@H](OCc2ccccc2)[C@@H](COCc2ccccc2)O[C@]12CCCO2. The van der Waals surface area contributed by atoms with Gasteiger partial charge in [0.1, 0.15) is 24.4 Å². The Morgan fingerprint density at radius 2 is 1.25 bits per heavy atom. The molecule has 36 heavy (non-hydrogen) atoms. The molecule has 5 atom stereocenters. The number of aliphatic hydroxyl groups excluding tert-OH is 1. The maximum atomic E-state index is 11.5. The Balaban J connectivity index is 1.36. The molecule has 0 aromatic heterocycles. The Hall–Kier alpha value is -2.58. The van der Waals surface area contributed by atoms with E-state index in [9.17, 15) is 5.11 Å². The van der Waals surface area contributed by atoms with E-state index >= 15 is 0 Å². The molecule has 0 radical (unpaired) electrons. The molecular formula is C30H34O6. The molecule has 0 unspecified atom stereocenters. The second-order valence-electron chi connectivity index (χ2n) is 9.39. The van der Waals surface area contributed by atoms with Crippen molar-refractivity contribution in [2.24, 2.45) is 0 Å². The highest BCUT2D eigenvalue weighted by Crippen LogP contribution is 2.41. The number of ether oxygens (including phenoxy) is 5. The Labute approximate surface area is 212 Å². The molecule has 2 aliphatic rings. The molecule has 6 nitrogen and oxygen atoms in total. The first-order valence-corrected chi connectivity index (χ1v) is 12.7. The van der Waals surface area contributed by atoms with Crippen LogP contribution in [-0.4, -0.2) is 48.5 Å². The molecule has 0 saturated carbocycles. The molecular weight excluding hydrogens is 456 g/mol. The summed E-state index contributed by atoms with van der Waals surface area (Å²) in [6.45, 7) is 2.00. The number of benzene rings is 3. The third-order valence-electron chi connectivity index (χ3n) is 6.78. The molecule has 190 valence electrons. The zero-order chi connectivity index (χ0) is 24.6. The van der Waals surface area contributed by atoms with Gasteiger partial charge in [-0.2, -0.15) is 0 Å². The lowest BCUT2D eigenvalue weighted by molar-refractivity contribution is -0.362. The molecule has 5 rings (SSSR count). The van der Waals surface area contributed by atoms with E-state index < -0.39 is 30.2 Å². The normalized spacial score (nSPS) is 27.9. The summed E-state index contributed by atoms with van der Waals surface area (Å²) in [5.74, 6) is -1.12. The van der Waals surface area contributed by atoms with Gasteiger partial charge >= 0.3 is 0 Å². The van der Waals surface area contributed by atoms with E-state index in [1.165, 1.54) is 0 Å². The van der Waals surface area contributed by atoms with Crippen molar-refractivity contribution in [3.05, 3.63) is 108 Å². The molecule has 0 amide bonds. The summed E-state index contributed by atoms with van der Waals surface area (Å²) >= 11 is 0. The molecule has 2 saturated heterocycles. The topological polar surface area (TPSA) is 66.4 Å². The first-order valence-electron chi connectivity index (χ1n) is 12.7. The van der Waals surface area contributed by atoms with Crippen LogP contribution in [-0.2, 0) is 43.5 Å². The molecule has 0 aliphatic carbocycles. The van der Waals surface area contributed by atoms with E-state index in [1.54, 1.807) is 0 Å². The van der Waals surface area contributed by atoms with Crippen LogP contribution in [0.1, 0.15) is 29.5 Å². The van der Waals surface area contributed by atoms with Gasteiger partial charge in [-0.1, -0.05) is 91.0 Å². The van der Waals surface area contributed by atoms with Crippen molar-refractivity contribution in [2.45, 2.75) is 62.9 Å². The number of rotatable bonds is 10. The van der Waals surface area contributed by atoms with Crippen LogP contribution in [0, 0.1) is 0 Å². The Morgan fingerprint density at radius 3 is 1.78 bits per heavy atom. The van der Waals surface area contributed by atoms with Gasteiger partial charge < -0.3 is 28.8 Å². The van der Waals surface area contributed by atoms with E-state index in [4.69, 9.17) is 23.7 Å². The van der Waals surface area contributed by atoms with E-state index in [0.717, 1.165) is 23.1 Å². The zero-order valence-corrected chi connectivity index (χ0v) is 20.4. The van der Waals surface area contributed by atoms with E-state index in [2.05, 4.69) is 0 Å². The fourth-order valence-corrected chi connectivity index (χ4v) is 4.91. The molecule has 1 N–H and O–H groups in total. The minimum atomic E-state index is -1.12. The van der Waals surface area contributed by atoms with E-state index in [-0.39, 0.29) is 6.61 Å². The average molecular weight is 491 g/mol. The highest BCUT2D eigenvalue weighted by molar-refractivity contribution is 5.15. The minimum absolute atomic E-state index is 0.289. The molecule has 1 spiro atoms. The molecule has 2 heterocycles. The molecule has 2 aliphatic heterocycles. The lowest BCUT2D eigenvalue weighted by Gasteiger charge is -2.49. The minimum Gasteiger partial charge on any atom is -0.385 e. The predicted molar refractivity (Wildman–Crippen MR) is 135 cm³/mol. The molecule has 2 fully saturated rings. The van der Waals surface area contributed by atoms with Gasteiger partial charge in [0.2, 0.25) is 0 Å². The van der Waals surface area contributed by atoms with Gasteiger partial charge in [-0.3, -0.25) is 0 Å². The predicted octanol–water partition coefficient (Wildman–Crippen LogP) is 4.64. The summed E-state index contributed by atoms with van der Waals surface area (Å²) in [4.78, 5) is 0. The van der Waals surface area contributed by atoms with Crippen molar-refractivity contribution >= 4 is 0 Å². The van der Waals surface area contributed by atoms with Crippen LogP contribution in [0.25, 0.3) is 0 Å². The number of aliphatic hydroxyl groups is 1. The highest BCUT2D eigenvalue weighted by Gasteiger charge is 2.57. The van der Waals surface area contributed by atoms with Crippen molar-refractivity contribution in [3.8, 4) is 0 Å². The van der Waals surface area contributed by atoms with Gasteiger partial charge in [-0.05, 0) is 23.1 Å². The van der Waals surface area contributed by atoms with Gasteiger partial charge in [0, 0.05) is 6.42 Å². The molecule has 3 aromatic carbocycles. The van der Waals surface area contributed by atoms with E-state index in [0.29, 0.717) is 32.8 Å². The van der Waals surface area contributed by atoms with Crippen molar-refractivity contribution in [3.63, 3.8) is 0 Å². The summed E-state index contributed by atoms with van der Waals surface area (Å²) in [5.41, 5.74) is 3.14. The number of hydrogen-bond acceptors (Lipinski definition) is 6. The summed E-state index contributed by atoms with van der Waals surface area (Å²) in [6, 6.07) is 29.9. The third kappa shape index (κ3) is 6.03. The summed E-state index contributed by atoms with van der Waals surface area (Å²) in [7, 11) is 0. The summed E-state index contributed by atoms with van der Waals surface area (Å²) in [6.07, 6.45) is -1.24. The largest absolute Gasteiger partial charge is 0.385 e. The van der Waals surface area contributed by atoms with Crippen molar-refractivity contribution in [1.82, 2.24) is 0 Å². The highest BCUT2D eigenvalue weighted by atomic mass is 16.7. The quantitative estimate of drug-likeness (QED) is 0.447. The first kappa shape index (κ1) is 25.1. The van der Waals surface area contributed by atoms with Crippen LogP contribution >= 0.6 is 0 Å². The van der Waals surface area contributed by atoms with E-state index in [1.807, 2.05) is 91.0 Å². The molecule has 0 bridgehead atoms. The van der Waals surface area contributed by atoms with Gasteiger partial charge in [-0.15, -0.1) is 0 Å². The monoisotopic (exact) mass is 490 g/mol. The summed E-state index contributed by atoms with van der Waals surface area (Å²) < 4.78 is 31.4. The fraction of sp³-hybridized carbons (Fsp3) is 0.400. The third-order valence-corrected chi connectivity index (χ3v) is 6.78. The second kappa shape index (κ2) is 12.1. The standard InChI is InChI=1S/C30H34O6/c31-29-28(34-21-25-15-8-3-9-16-25)27(33-20-24-13-6-2-7-14-24)26(36-30(29)17-10-18-35-30)22-32-19-23-11-4-1-5-12-23/h1-9,11-16,26-29,31H,10,17-22H2/t26-,27-,28+,29-,30-/m1/s1. The number of hydrogen-bond donors (Lipinski definition) is 1. The van der Waals surface area contributed by atoms with Gasteiger partial charge in [0.25, 0.3) is 0 Å². The zero-order valence-electron chi connectivity index (χ0n) is 20.4. The molecule has 6 heteroatoms. The average Bonchev–Trinajstić information content (AvgIpc) is 3.40. The van der Waals surface area contributed by atoms with Crippen LogP contribution < -0.4 is 0 Å². The first-order chi connectivity index (χ1) is 17.7. The second-order valence-corrected chi connectivity index (χ2v) is 9.39. The van der Waals surface area contributed by atoms with Crippen LogP contribution in [0.5, 0.6) is 0 Å². The van der Waals surface area contributed by atoms with Crippen LogP contribution in [0.3, 0.4) is 0 Å². The van der Waals surface area contributed by atoms with Crippen LogP contribution in [0.15, 0.2) is 91.0 Å². The Bertz CT molecular complexity index is 1040. The van der Waals surface area contributed by atoms with Gasteiger partial charge in [0.05, 0.1) is 33.0 Å². The Morgan fingerprint density at radius 1 is 0.722 bits per heavy atom. The lowest BCUT2D eigenvalue weighted by Crippen LogP contribution is -2.66. The van der Waals surface area contributed by atoms with Gasteiger partial charge in [0.15, 0.2) is 5.79 Å². The Kier molecular flexibility index (Phi) is 8.43. The van der Waals surface area contributed by atoms with Crippen molar-refractivity contribution < 1.29 is 28.8 Å². The van der Waals surface area contributed by atoms with Crippen LogP contribution in [0.4, 0.5) is 0 Å². The van der Waals surface area contributed by atoms with Crippen molar-refractivity contribution in [1.29, 1.82) is 0 Å². The maximum Gasteiger partial charge on any atom is 0.197 e. The van der Waals surface area contributed by atoms with Crippen molar-refractivity contribution in [2.75, 3.05) is 13.2 Å².